The van der Waals surface area contributed by atoms with Gasteiger partial charge in [0, 0.05) is 0 Å². The molecular formula is C18H18. The van der Waals surface area contributed by atoms with E-state index < -0.39 is 0 Å². The van der Waals surface area contributed by atoms with Gasteiger partial charge in [-0.3, -0.25) is 0 Å². The Morgan fingerprint density at radius 3 is 2.39 bits per heavy atom. The predicted octanol–water partition coefficient (Wildman–Crippen LogP) is 4.68. The van der Waals surface area contributed by atoms with E-state index in [9.17, 15) is 0 Å². The van der Waals surface area contributed by atoms with Gasteiger partial charge in [0.1, 0.15) is 0 Å². The van der Waals surface area contributed by atoms with Gasteiger partial charge in [-0.15, -0.1) is 0 Å². The molecule has 0 aromatic heterocycles. The standard InChI is InChI=1S/C18H18/c1-13-11-16-9-6-10-17(18(16)12-14(13)2)15-7-4-3-5-8-15/h3-5,7-8,10-12H,6,9H2,1-2H3. The molecule has 0 heteroatoms. The van der Waals surface area contributed by atoms with E-state index in [1.807, 2.05) is 0 Å². The summed E-state index contributed by atoms with van der Waals surface area (Å²) in [5.74, 6) is 0. The van der Waals surface area contributed by atoms with Crippen LogP contribution in [0.25, 0.3) is 5.57 Å². The molecule has 2 aromatic rings. The smallest absolute Gasteiger partial charge is 0.0146 e. The molecule has 0 saturated carbocycles. The van der Waals surface area contributed by atoms with Gasteiger partial charge in [0.2, 0.25) is 0 Å². The summed E-state index contributed by atoms with van der Waals surface area (Å²) in [6.07, 6.45) is 4.71. The molecule has 18 heavy (non-hydrogen) atoms. The van der Waals surface area contributed by atoms with Crippen molar-refractivity contribution < 1.29 is 0 Å². The van der Waals surface area contributed by atoms with Gasteiger partial charge in [-0.1, -0.05) is 48.5 Å². The normalized spacial score (nSPS) is 14.0. The van der Waals surface area contributed by atoms with Crippen molar-refractivity contribution in [3.8, 4) is 0 Å². The van der Waals surface area contributed by atoms with Crippen LogP contribution in [0.1, 0.15) is 34.2 Å². The SMILES string of the molecule is Cc1cc2c(cc1C)C(c1ccccc1)=CCC2. The fourth-order valence-electron chi connectivity index (χ4n) is 2.71. The lowest BCUT2D eigenvalue weighted by molar-refractivity contribution is 0.971. The molecule has 90 valence electrons. The number of fused-ring (bicyclic) bond motifs is 1. The minimum Gasteiger partial charge on any atom is -0.0757 e. The monoisotopic (exact) mass is 234 g/mol. The molecule has 0 saturated heterocycles. The van der Waals surface area contributed by atoms with Gasteiger partial charge in [-0.25, -0.2) is 0 Å². The number of aryl methyl sites for hydroxylation is 3. The van der Waals surface area contributed by atoms with Crippen molar-refractivity contribution in [2.24, 2.45) is 0 Å². The Labute approximate surface area is 109 Å². The maximum atomic E-state index is 2.38. The van der Waals surface area contributed by atoms with Gasteiger partial charge in [-0.2, -0.15) is 0 Å². The second-order valence-electron chi connectivity index (χ2n) is 5.12. The van der Waals surface area contributed by atoms with Gasteiger partial charge in [-0.05, 0) is 60.1 Å². The molecule has 0 unspecified atom stereocenters. The fourth-order valence-corrected chi connectivity index (χ4v) is 2.71. The zero-order chi connectivity index (χ0) is 12.5. The minimum atomic E-state index is 1.15. The third-order valence-electron chi connectivity index (χ3n) is 3.86. The Kier molecular flexibility index (Phi) is 2.79. The highest BCUT2D eigenvalue weighted by Gasteiger charge is 2.14. The largest absolute Gasteiger partial charge is 0.0757 e. The summed E-state index contributed by atoms with van der Waals surface area (Å²) >= 11 is 0. The lowest BCUT2D eigenvalue weighted by Crippen LogP contribution is -2.02. The lowest BCUT2D eigenvalue weighted by Gasteiger charge is -2.20. The summed E-state index contributed by atoms with van der Waals surface area (Å²) in [4.78, 5) is 0. The summed E-state index contributed by atoms with van der Waals surface area (Å²) in [6, 6.07) is 15.4. The zero-order valence-electron chi connectivity index (χ0n) is 11.0. The Balaban J connectivity index is 2.16. The first-order valence-corrected chi connectivity index (χ1v) is 6.62. The lowest BCUT2D eigenvalue weighted by atomic mass is 9.85. The molecule has 0 spiro atoms. The van der Waals surface area contributed by atoms with E-state index in [2.05, 4.69) is 62.4 Å². The summed E-state index contributed by atoms with van der Waals surface area (Å²) in [7, 11) is 0. The third-order valence-corrected chi connectivity index (χ3v) is 3.86. The average molecular weight is 234 g/mol. The van der Waals surface area contributed by atoms with Gasteiger partial charge >= 0.3 is 0 Å². The van der Waals surface area contributed by atoms with Crippen LogP contribution >= 0.6 is 0 Å². The van der Waals surface area contributed by atoms with Gasteiger partial charge < -0.3 is 0 Å². The Morgan fingerprint density at radius 2 is 1.61 bits per heavy atom. The van der Waals surface area contributed by atoms with Crippen LogP contribution in [0.3, 0.4) is 0 Å². The van der Waals surface area contributed by atoms with Crippen molar-refractivity contribution >= 4 is 5.57 Å². The highest BCUT2D eigenvalue weighted by molar-refractivity contribution is 5.83. The molecule has 2 aromatic carbocycles. The molecule has 0 N–H and O–H groups in total. The minimum absolute atomic E-state index is 1.15. The van der Waals surface area contributed by atoms with Crippen LogP contribution in [-0.2, 0) is 6.42 Å². The molecule has 0 heterocycles. The quantitative estimate of drug-likeness (QED) is 0.672. The molecule has 1 aliphatic rings. The molecule has 0 bridgehead atoms. The van der Waals surface area contributed by atoms with Crippen LogP contribution in [0.15, 0.2) is 48.5 Å². The third kappa shape index (κ3) is 1.88. The molecular weight excluding hydrogens is 216 g/mol. The number of allylic oxidation sites excluding steroid dienone is 1. The predicted molar refractivity (Wildman–Crippen MR) is 77.8 cm³/mol. The van der Waals surface area contributed by atoms with Crippen molar-refractivity contribution in [2.45, 2.75) is 26.7 Å². The van der Waals surface area contributed by atoms with Crippen molar-refractivity contribution in [3.63, 3.8) is 0 Å². The molecule has 3 rings (SSSR count). The first kappa shape index (κ1) is 11.3. The topological polar surface area (TPSA) is 0 Å². The molecule has 0 radical (unpaired) electrons. The van der Waals surface area contributed by atoms with Crippen LogP contribution in [0, 0.1) is 13.8 Å². The average Bonchev–Trinajstić information content (AvgIpc) is 2.40. The van der Waals surface area contributed by atoms with E-state index >= 15 is 0 Å². The van der Waals surface area contributed by atoms with Gasteiger partial charge in [0.25, 0.3) is 0 Å². The number of rotatable bonds is 1. The van der Waals surface area contributed by atoms with Crippen LogP contribution in [0.2, 0.25) is 0 Å². The second-order valence-corrected chi connectivity index (χ2v) is 5.12. The van der Waals surface area contributed by atoms with Gasteiger partial charge in [0.15, 0.2) is 0 Å². The first-order chi connectivity index (χ1) is 8.75. The van der Waals surface area contributed by atoms with Crippen molar-refractivity contribution in [1.82, 2.24) is 0 Å². The molecule has 0 amide bonds. The first-order valence-electron chi connectivity index (χ1n) is 6.62. The molecule has 0 nitrogen and oxygen atoms in total. The van der Waals surface area contributed by atoms with E-state index in [1.54, 1.807) is 0 Å². The maximum absolute atomic E-state index is 2.38. The summed E-state index contributed by atoms with van der Waals surface area (Å²) in [6.45, 7) is 4.41. The van der Waals surface area contributed by atoms with E-state index in [0.29, 0.717) is 0 Å². The molecule has 0 atom stereocenters. The molecule has 0 fully saturated rings. The summed E-state index contributed by atoms with van der Waals surface area (Å²) in [5.41, 5.74) is 8.46. The molecule has 0 aliphatic heterocycles. The zero-order valence-corrected chi connectivity index (χ0v) is 11.0. The molecule has 1 aliphatic carbocycles. The maximum Gasteiger partial charge on any atom is -0.0146 e. The Hall–Kier alpha value is -1.82. The van der Waals surface area contributed by atoms with E-state index in [-0.39, 0.29) is 0 Å². The second kappa shape index (κ2) is 4.45. The van der Waals surface area contributed by atoms with Crippen LogP contribution in [0.4, 0.5) is 0 Å². The van der Waals surface area contributed by atoms with E-state index in [1.165, 1.54) is 39.8 Å². The highest BCUT2D eigenvalue weighted by atomic mass is 14.2. The Bertz CT molecular complexity index is 603. The Morgan fingerprint density at radius 1 is 0.889 bits per heavy atom. The summed E-state index contributed by atoms with van der Waals surface area (Å²) < 4.78 is 0. The van der Waals surface area contributed by atoms with E-state index in [4.69, 9.17) is 0 Å². The van der Waals surface area contributed by atoms with Crippen molar-refractivity contribution in [2.75, 3.05) is 0 Å². The number of hydrogen-bond acceptors (Lipinski definition) is 0. The van der Waals surface area contributed by atoms with Crippen LogP contribution in [-0.4, -0.2) is 0 Å². The van der Waals surface area contributed by atoms with E-state index in [0.717, 1.165) is 6.42 Å². The number of benzene rings is 2. The van der Waals surface area contributed by atoms with Crippen molar-refractivity contribution in [1.29, 1.82) is 0 Å². The van der Waals surface area contributed by atoms with Crippen molar-refractivity contribution in [3.05, 3.63) is 76.4 Å². The highest BCUT2D eigenvalue weighted by Crippen LogP contribution is 2.33. The van der Waals surface area contributed by atoms with Gasteiger partial charge in [0.05, 0.1) is 0 Å². The van der Waals surface area contributed by atoms with Crippen LogP contribution < -0.4 is 0 Å². The van der Waals surface area contributed by atoms with Crippen LogP contribution in [0.5, 0.6) is 0 Å². The number of hydrogen-bond donors (Lipinski definition) is 0. The fraction of sp³-hybridized carbons (Fsp3) is 0.222. The summed E-state index contributed by atoms with van der Waals surface area (Å²) in [5, 5.41) is 0.